The first-order chi connectivity index (χ1) is 7.38. The van der Waals surface area contributed by atoms with Crippen LogP contribution in [0.25, 0.3) is 0 Å². The SMILES string of the molecule is CNCC1CC(OCc2ncccn2)C1. The summed E-state index contributed by atoms with van der Waals surface area (Å²) in [6.45, 7) is 1.64. The Morgan fingerprint density at radius 1 is 1.40 bits per heavy atom. The fraction of sp³-hybridized carbons (Fsp3) is 0.636. The first-order valence-electron chi connectivity index (χ1n) is 5.40. The summed E-state index contributed by atoms with van der Waals surface area (Å²) in [6, 6.07) is 1.82. The van der Waals surface area contributed by atoms with Crippen molar-refractivity contribution in [2.75, 3.05) is 13.6 Å². The lowest BCUT2D eigenvalue weighted by Gasteiger charge is -2.34. The van der Waals surface area contributed by atoms with E-state index in [1.807, 2.05) is 13.1 Å². The number of nitrogens with one attached hydrogen (secondary N) is 1. The summed E-state index contributed by atoms with van der Waals surface area (Å²) in [7, 11) is 1.99. The second-order valence-electron chi connectivity index (χ2n) is 3.99. The van der Waals surface area contributed by atoms with Crippen molar-refractivity contribution in [3.8, 4) is 0 Å². The van der Waals surface area contributed by atoms with Crippen LogP contribution in [0, 0.1) is 5.92 Å². The number of aromatic nitrogens is 2. The average molecular weight is 207 g/mol. The van der Waals surface area contributed by atoms with Crippen LogP contribution >= 0.6 is 0 Å². The summed E-state index contributed by atoms with van der Waals surface area (Å²) >= 11 is 0. The minimum atomic E-state index is 0.409. The molecular weight excluding hydrogens is 190 g/mol. The third kappa shape index (κ3) is 2.97. The zero-order valence-corrected chi connectivity index (χ0v) is 9.02. The molecule has 0 unspecified atom stereocenters. The molecule has 1 aliphatic rings. The Labute approximate surface area is 90.1 Å². The van der Waals surface area contributed by atoms with Crippen molar-refractivity contribution in [2.24, 2.45) is 5.92 Å². The summed E-state index contributed by atoms with van der Waals surface area (Å²) in [6.07, 6.45) is 6.22. The molecule has 0 bridgehead atoms. The Bertz CT molecular complexity index is 285. The zero-order chi connectivity index (χ0) is 10.5. The van der Waals surface area contributed by atoms with Crippen LogP contribution in [-0.4, -0.2) is 29.7 Å². The number of hydrogen-bond acceptors (Lipinski definition) is 4. The van der Waals surface area contributed by atoms with Gasteiger partial charge in [0.05, 0.1) is 6.10 Å². The van der Waals surface area contributed by atoms with Crippen LogP contribution in [-0.2, 0) is 11.3 Å². The van der Waals surface area contributed by atoms with Gasteiger partial charge in [0.25, 0.3) is 0 Å². The average Bonchev–Trinajstić information content (AvgIpc) is 2.23. The molecule has 1 aromatic rings. The van der Waals surface area contributed by atoms with Crippen LogP contribution < -0.4 is 5.32 Å². The molecule has 1 saturated carbocycles. The Balaban J connectivity index is 1.64. The zero-order valence-electron chi connectivity index (χ0n) is 9.02. The van der Waals surface area contributed by atoms with Crippen molar-refractivity contribution in [1.82, 2.24) is 15.3 Å². The van der Waals surface area contributed by atoms with Crippen molar-refractivity contribution < 1.29 is 4.74 Å². The van der Waals surface area contributed by atoms with Gasteiger partial charge in [0.2, 0.25) is 0 Å². The van der Waals surface area contributed by atoms with E-state index >= 15 is 0 Å². The maximum atomic E-state index is 5.69. The summed E-state index contributed by atoms with van der Waals surface area (Å²) in [5.74, 6) is 1.56. The molecule has 0 spiro atoms. The lowest BCUT2D eigenvalue weighted by atomic mass is 9.82. The van der Waals surface area contributed by atoms with E-state index in [1.165, 1.54) is 0 Å². The quantitative estimate of drug-likeness (QED) is 0.782. The Morgan fingerprint density at radius 3 is 2.80 bits per heavy atom. The lowest BCUT2D eigenvalue weighted by Crippen LogP contribution is -2.36. The Hall–Kier alpha value is -1.00. The second kappa shape index (κ2) is 5.19. The van der Waals surface area contributed by atoms with Gasteiger partial charge in [0, 0.05) is 12.4 Å². The topological polar surface area (TPSA) is 47.0 Å². The highest BCUT2D eigenvalue weighted by molar-refractivity contribution is 4.87. The molecule has 1 fully saturated rings. The molecule has 1 heterocycles. The van der Waals surface area contributed by atoms with Gasteiger partial charge < -0.3 is 10.1 Å². The summed E-state index contributed by atoms with van der Waals surface area (Å²) < 4.78 is 5.69. The maximum Gasteiger partial charge on any atom is 0.153 e. The van der Waals surface area contributed by atoms with E-state index in [0.717, 1.165) is 31.1 Å². The molecule has 15 heavy (non-hydrogen) atoms. The highest BCUT2D eigenvalue weighted by Gasteiger charge is 2.29. The van der Waals surface area contributed by atoms with Crippen LogP contribution in [0.2, 0.25) is 0 Å². The maximum absolute atomic E-state index is 5.69. The molecule has 0 atom stereocenters. The van der Waals surface area contributed by atoms with Gasteiger partial charge in [-0.3, -0.25) is 0 Å². The molecule has 82 valence electrons. The fourth-order valence-corrected chi connectivity index (χ4v) is 1.86. The van der Waals surface area contributed by atoms with Gasteiger partial charge in [-0.15, -0.1) is 0 Å². The van der Waals surface area contributed by atoms with E-state index in [0.29, 0.717) is 12.7 Å². The van der Waals surface area contributed by atoms with Gasteiger partial charge in [-0.2, -0.15) is 0 Å². The van der Waals surface area contributed by atoms with Crippen molar-refractivity contribution in [3.05, 3.63) is 24.3 Å². The molecule has 0 radical (unpaired) electrons. The van der Waals surface area contributed by atoms with Crippen molar-refractivity contribution in [2.45, 2.75) is 25.6 Å². The predicted octanol–water partition coefficient (Wildman–Crippen LogP) is 0.991. The van der Waals surface area contributed by atoms with Crippen LogP contribution in [0.1, 0.15) is 18.7 Å². The van der Waals surface area contributed by atoms with Crippen LogP contribution in [0.4, 0.5) is 0 Å². The third-order valence-electron chi connectivity index (χ3n) is 2.75. The number of ether oxygens (including phenoxy) is 1. The van der Waals surface area contributed by atoms with Crippen molar-refractivity contribution in [1.29, 1.82) is 0 Å². The van der Waals surface area contributed by atoms with Gasteiger partial charge in [-0.05, 0) is 38.4 Å². The molecule has 0 saturated heterocycles. The van der Waals surface area contributed by atoms with Crippen LogP contribution in [0.5, 0.6) is 0 Å². The monoisotopic (exact) mass is 207 g/mol. The van der Waals surface area contributed by atoms with Gasteiger partial charge in [-0.1, -0.05) is 0 Å². The number of hydrogen-bond donors (Lipinski definition) is 1. The van der Waals surface area contributed by atoms with E-state index in [-0.39, 0.29) is 0 Å². The van der Waals surface area contributed by atoms with E-state index in [2.05, 4.69) is 15.3 Å². The number of rotatable bonds is 5. The van der Waals surface area contributed by atoms with Gasteiger partial charge in [0.1, 0.15) is 6.61 Å². The summed E-state index contributed by atoms with van der Waals surface area (Å²) in [5, 5.41) is 3.18. The number of nitrogens with zero attached hydrogens (tertiary/aromatic N) is 2. The predicted molar refractivity (Wildman–Crippen MR) is 57.3 cm³/mol. The van der Waals surface area contributed by atoms with E-state index in [1.54, 1.807) is 12.4 Å². The first-order valence-corrected chi connectivity index (χ1v) is 5.40. The molecule has 1 N–H and O–H groups in total. The molecule has 1 aromatic heterocycles. The van der Waals surface area contributed by atoms with E-state index in [9.17, 15) is 0 Å². The third-order valence-corrected chi connectivity index (χ3v) is 2.75. The fourth-order valence-electron chi connectivity index (χ4n) is 1.86. The minimum absolute atomic E-state index is 0.409. The van der Waals surface area contributed by atoms with Gasteiger partial charge >= 0.3 is 0 Å². The normalized spacial score (nSPS) is 24.9. The van der Waals surface area contributed by atoms with E-state index < -0.39 is 0 Å². The molecular formula is C11H17N3O. The minimum Gasteiger partial charge on any atom is -0.370 e. The Morgan fingerprint density at radius 2 is 2.13 bits per heavy atom. The molecule has 0 aromatic carbocycles. The first kappa shape index (κ1) is 10.5. The largest absolute Gasteiger partial charge is 0.370 e. The molecule has 2 rings (SSSR count). The Kier molecular flexibility index (Phi) is 3.64. The molecule has 4 nitrogen and oxygen atoms in total. The summed E-state index contributed by atoms with van der Waals surface area (Å²) in [5.41, 5.74) is 0. The highest BCUT2D eigenvalue weighted by atomic mass is 16.5. The van der Waals surface area contributed by atoms with Crippen LogP contribution in [0.15, 0.2) is 18.5 Å². The lowest BCUT2D eigenvalue weighted by molar-refractivity contribution is -0.0415. The second-order valence-corrected chi connectivity index (χ2v) is 3.99. The van der Waals surface area contributed by atoms with Crippen LogP contribution in [0.3, 0.4) is 0 Å². The van der Waals surface area contributed by atoms with Gasteiger partial charge in [0.15, 0.2) is 5.82 Å². The molecule has 4 heteroatoms. The highest BCUT2D eigenvalue weighted by Crippen LogP contribution is 2.29. The summed E-state index contributed by atoms with van der Waals surface area (Å²) in [4.78, 5) is 8.23. The molecule has 0 amide bonds. The van der Waals surface area contributed by atoms with E-state index in [4.69, 9.17) is 4.74 Å². The molecule has 1 aliphatic carbocycles. The molecule has 0 aliphatic heterocycles. The standard InChI is InChI=1S/C11H17N3O/c1-12-7-9-5-10(6-9)15-8-11-13-3-2-4-14-11/h2-4,9-10,12H,5-8H2,1H3. The van der Waals surface area contributed by atoms with Crippen molar-refractivity contribution in [3.63, 3.8) is 0 Å². The smallest absolute Gasteiger partial charge is 0.153 e. The van der Waals surface area contributed by atoms with Crippen molar-refractivity contribution >= 4 is 0 Å². The van der Waals surface area contributed by atoms with Gasteiger partial charge in [-0.25, -0.2) is 9.97 Å².